The third-order valence-electron chi connectivity index (χ3n) is 4.14. The van der Waals surface area contributed by atoms with Crippen LogP contribution in [0.15, 0.2) is 24.3 Å². The summed E-state index contributed by atoms with van der Waals surface area (Å²) in [6.45, 7) is 4.62. The minimum absolute atomic E-state index is 0.0438. The SMILES string of the molecule is CCCCCCC=CCC=CCCCCCCCCC(=O)OCC. The first kappa shape index (κ1) is 22.9. The Bertz CT molecular complexity index is 318. The minimum Gasteiger partial charge on any atom is -0.466 e. The summed E-state index contributed by atoms with van der Waals surface area (Å²) in [5.74, 6) is -0.0438. The molecule has 0 aliphatic rings. The number of carbonyl (C=O) groups excluding carboxylic acids is 1. The summed E-state index contributed by atoms with van der Waals surface area (Å²) in [5, 5.41) is 0. The van der Waals surface area contributed by atoms with Crippen LogP contribution >= 0.6 is 0 Å². The minimum atomic E-state index is -0.0438. The Morgan fingerprint density at radius 2 is 1.25 bits per heavy atom. The van der Waals surface area contributed by atoms with Gasteiger partial charge in [0.1, 0.15) is 0 Å². The summed E-state index contributed by atoms with van der Waals surface area (Å²) >= 11 is 0. The Labute approximate surface area is 150 Å². The van der Waals surface area contributed by atoms with Crippen molar-refractivity contribution in [1.82, 2.24) is 0 Å². The largest absolute Gasteiger partial charge is 0.466 e. The number of ether oxygens (including phenoxy) is 1. The van der Waals surface area contributed by atoms with Gasteiger partial charge >= 0.3 is 5.97 Å². The van der Waals surface area contributed by atoms with Crippen molar-refractivity contribution in [2.75, 3.05) is 6.61 Å². The lowest BCUT2D eigenvalue weighted by Gasteiger charge is -2.02. The molecule has 0 spiro atoms. The number of esters is 1. The van der Waals surface area contributed by atoms with Gasteiger partial charge in [-0.05, 0) is 45.4 Å². The molecule has 2 nitrogen and oxygen atoms in total. The summed E-state index contributed by atoms with van der Waals surface area (Å²) < 4.78 is 4.92. The predicted molar refractivity (Wildman–Crippen MR) is 105 cm³/mol. The molecule has 0 heterocycles. The molecule has 0 aromatic heterocycles. The molecule has 0 saturated carbocycles. The average molecular weight is 337 g/mol. The molecule has 0 unspecified atom stereocenters. The molecule has 0 fully saturated rings. The highest BCUT2D eigenvalue weighted by molar-refractivity contribution is 5.69. The maximum absolute atomic E-state index is 11.2. The normalized spacial score (nSPS) is 11.6. The van der Waals surface area contributed by atoms with E-state index < -0.39 is 0 Å². The highest BCUT2D eigenvalue weighted by Gasteiger charge is 2.00. The van der Waals surface area contributed by atoms with Gasteiger partial charge in [0.2, 0.25) is 0 Å². The van der Waals surface area contributed by atoms with Crippen LogP contribution in [0.3, 0.4) is 0 Å². The first-order valence-electron chi connectivity index (χ1n) is 10.3. The number of carbonyl (C=O) groups is 1. The molecule has 0 radical (unpaired) electrons. The second kappa shape index (κ2) is 20.0. The van der Waals surface area contributed by atoms with Gasteiger partial charge in [-0.15, -0.1) is 0 Å². The van der Waals surface area contributed by atoms with Crippen molar-refractivity contribution >= 4 is 5.97 Å². The summed E-state index contributed by atoms with van der Waals surface area (Å²) in [6, 6.07) is 0. The monoisotopic (exact) mass is 336 g/mol. The van der Waals surface area contributed by atoms with Crippen LogP contribution < -0.4 is 0 Å². The van der Waals surface area contributed by atoms with Crippen molar-refractivity contribution in [3.63, 3.8) is 0 Å². The zero-order valence-electron chi connectivity index (χ0n) is 16.2. The van der Waals surface area contributed by atoms with E-state index in [1.165, 1.54) is 64.2 Å². The van der Waals surface area contributed by atoms with Gasteiger partial charge in [-0.1, -0.05) is 76.2 Å². The topological polar surface area (TPSA) is 26.3 Å². The van der Waals surface area contributed by atoms with Crippen molar-refractivity contribution in [3.05, 3.63) is 24.3 Å². The molecule has 0 amide bonds. The Morgan fingerprint density at radius 1 is 0.708 bits per heavy atom. The second-order valence-electron chi connectivity index (χ2n) is 6.49. The lowest BCUT2D eigenvalue weighted by molar-refractivity contribution is -0.143. The van der Waals surface area contributed by atoms with Crippen molar-refractivity contribution in [1.29, 1.82) is 0 Å². The van der Waals surface area contributed by atoms with Gasteiger partial charge in [0.25, 0.3) is 0 Å². The highest BCUT2D eigenvalue weighted by atomic mass is 16.5. The van der Waals surface area contributed by atoms with Crippen LogP contribution in [0, 0.1) is 0 Å². The maximum Gasteiger partial charge on any atom is 0.305 e. The van der Waals surface area contributed by atoms with E-state index in [0.29, 0.717) is 13.0 Å². The van der Waals surface area contributed by atoms with Gasteiger partial charge in [-0.2, -0.15) is 0 Å². The smallest absolute Gasteiger partial charge is 0.305 e. The average Bonchev–Trinajstić information content (AvgIpc) is 2.58. The number of allylic oxidation sites excluding steroid dienone is 4. The summed E-state index contributed by atoms with van der Waals surface area (Å²) in [5.41, 5.74) is 0. The quantitative estimate of drug-likeness (QED) is 0.160. The molecule has 0 bridgehead atoms. The molecule has 0 aromatic rings. The van der Waals surface area contributed by atoms with Crippen LogP contribution in [0.4, 0.5) is 0 Å². The molecule has 24 heavy (non-hydrogen) atoms. The van der Waals surface area contributed by atoms with Gasteiger partial charge in [0.15, 0.2) is 0 Å². The third-order valence-corrected chi connectivity index (χ3v) is 4.14. The van der Waals surface area contributed by atoms with Gasteiger partial charge in [-0.25, -0.2) is 0 Å². The Morgan fingerprint density at radius 3 is 1.83 bits per heavy atom. The summed E-state index contributed by atoms with van der Waals surface area (Å²) in [7, 11) is 0. The van der Waals surface area contributed by atoms with E-state index in [2.05, 4.69) is 31.2 Å². The van der Waals surface area contributed by atoms with Crippen LogP contribution in [0.5, 0.6) is 0 Å². The lowest BCUT2D eigenvalue weighted by Crippen LogP contribution is -2.03. The van der Waals surface area contributed by atoms with Gasteiger partial charge in [0.05, 0.1) is 6.61 Å². The van der Waals surface area contributed by atoms with Crippen LogP contribution in [0.25, 0.3) is 0 Å². The van der Waals surface area contributed by atoms with Crippen molar-refractivity contribution in [3.8, 4) is 0 Å². The second-order valence-corrected chi connectivity index (χ2v) is 6.49. The Balaban J connectivity index is 3.21. The molecular weight excluding hydrogens is 296 g/mol. The zero-order valence-corrected chi connectivity index (χ0v) is 16.2. The van der Waals surface area contributed by atoms with Crippen molar-refractivity contribution in [2.45, 2.75) is 104 Å². The van der Waals surface area contributed by atoms with E-state index in [-0.39, 0.29) is 5.97 Å². The van der Waals surface area contributed by atoms with E-state index >= 15 is 0 Å². The Kier molecular flexibility index (Phi) is 19.1. The number of unbranched alkanes of at least 4 members (excludes halogenated alkanes) is 10. The predicted octanol–water partition coefficient (Wildman–Crippen LogP) is 7.14. The number of hydrogen-bond acceptors (Lipinski definition) is 2. The first-order chi connectivity index (χ1) is 11.8. The standard InChI is InChI=1S/C22H40O2/c1-3-5-6-7-8-9-10-11-12-13-14-15-16-17-18-19-20-21-22(23)24-4-2/h9-10,12-13H,3-8,11,14-21H2,1-2H3. The summed E-state index contributed by atoms with van der Waals surface area (Å²) in [4.78, 5) is 11.2. The van der Waals surface area contributed by atoms with E-state index in [1.807, 2.05) is 6.92 Å². The van der Waals surface area contributed by atoms with Crippen LogP contribution in [0.2, 0.25) is 0 Å². The molecule has 0 aliphatic carbocycles. The number of rotatable bonds is 17. The molecule has 0 N–H and O–H groups in total. The van der Waals surface area contributed by atoms with E-state index in [4.69, 9.17) is 4.74 Å². The first-order valence-corrected chi connectivity index (χ1v) is 10.3. The third kappa shape index (κ3) is 19.0. The fourth-order valence-electron chi connectivity index (χ4n) is 2.67. The number of hydrogen-bond donors (Lipinski definition) is 0. The van der Waals surface area contributed by atoms with Gasteiger partial charge in [0, 0.05) is 6.42 Å². The molecule has 0 atom stereocenters. The van der Waals surface area contributed by atoms with Gasteiger partial charge in [-0.3, -0.25) is 4.79 Å². The fourth-order valence-corrected chi connectivity index (χ4v) is 2.67. The van der Waals surface area contributed by atoms with Crippen LogP contribution in [0.1, 0.15) is 104 Å². The zero-order chi connectivity index (χ0) is 17.7. The molecule has 140 valence electrons. The van der Waals surface area contributed by atoms with Crippen molar-refractivity contribution < 1.29 is 9.53 Å². The van der Waals surface area contributed by atoms with Crippen LogP contribution in [-0.2, 0) is 9.53 Å². The van der Waals surface area contributed by atoms with Gasteiger partial charge < -0.3 is 4.74 Å². The molecule has 2 heteroatoms. The maximum atomic E-state index is 11.2. The molecule has 0 aliphatic heterocycles. The molecule has 0 saturated heterocycles. The lowest BCUT2D eigenvalue weighted by atomic mass is 10.1. The molecule has 0 rings (SSSR count). The van der Waals surface area contributed by atoms with Crippen molar-refractivity contribution in [2.24, 2.45) is 0 Å². The van der Waals surface area contributed by atoms with Crippen LogP contribution in [-0.4, -0.2) is 12.6 Å². The van der Waals surface area contributed by atoms with E-state index in [1.54, 1.807) is 0 Å². The summed E-state index contributed by atoms with van der Waals surface area (Å²) in [6.07, 6.45) is 26.0. The fraction of sp³-hybridized carbons (Fsp3) is 0.773. The highest BCUT2D eigenvalue weighted by Crippen LogP contribution is 2.09. The van der Waals surface area contributed by atoms with E-state index in [0.717, 1.165) is 19.3 Å². The molecule has 0 aromatic carbocycles. The Hall–Kier alpha value is -1.05. The van der Waals surface area contributed by atoms with E-state index in [9.17, 15) is 4.79 Å². The molecular formula is C22H40O2.